The van der Waals surface area contributed by atoms with Crippen LogP contribution in [-0.2, 0) is 4.74 Å². The minimum Gasteiger partial charge on any atom is -0.379 e. The molecular formula is C17H36N2O. The number of unbranched alkanes of at least 4 members (excludes halogenated alkanes) is 6. The molecule has 1 rings (SSSR count). The molecule has 0 amide bonds. The Balaban J connectivity index is 1.76. The summed E-state index contributed by atoms with van der Waals surface area (Å²) in [6, 6.07) is 0. The third-order valence-electron chi connectivity index (χ3n) is 4.17. The van der Waals surface area contributed by atoms with Crippen molar-refractivity contribution in [2.75, 3.05) is 46.4 Å². The zero-order valence-corrected chi connectivity index (χ0v) is 14.1. The van der Waals surface area contributed by atoms with Crippen molar-refractivity contribution in [2.24, 2.45) is 0 Å². The minimum absolute atomic E-state index is 0.393. The van der Waals surface area contributed by atoms with Gasteiger partial charge in [0.05, 0.1) is 6.10 Å². The van der Waals surface area contributed by atoms with Crippen LogP contribution in [0, 0.1) is 0 Å². The average molecular weight is 284 g/mol. The van der Waals surface area contributed by atoms with Gasteiger partial charge in [0.2, 0.25) is 0 Å². The van der Waals surface area contributed by atoms with E-state index in [9.17, 15) is 0 Å². The van der Waals surface area contributed by atoms with E-state index in [-0.39, 0.29) is 0 Å². The van der Waals surface area contributed by atoms with Crippen LogP contribution in [0.4, 0.5) is 0 Å². The van der Waals surface area contributed by atoms with Gasteiger partial charge >= 0.3 is 0 Å². The van der Waals surface area contributed by atoms with Crippen molar-refractivity contribution in [1.82, 2.24) is 9.80 Å². The molecule has 0 aromatic carbocycles. The molecule has 0 atom stereocenters. The highest BCUT2D eigenvalue weighted by atomic mass is 16.5. The summed E-state index contributed by atoms with van der Waals surface area (Å²) in [6.07, 6.45) is 9.98. The molecule has 20 heavy (non-hydrogen) atoms. The molecule has 3 nitrogen and oxygen atoms in total. The standard InChI is InChI=1S/C17H36N2O/c1-17(2)20-16-10-8-6-4-5-7-9-11-19-14-12-18(3)13-15-19/h17H,4-16H2,1-3H3. The third kappa shape index (κ3) is 9.73. The first-order chi connectivity index (χ1) is 9.68. The van der Waals surface area contributed by atoms with Crippen LogP contribution in [0.15, 0.2) is 0 Å². The number of rotatable bonds is 11. The van der Waals surface area contributed by atoms with E-state index in [1.54, 1.807) is 0 Å². The molecule has 0 N–H and O–H groups in total. The van der Waals surface area contributed by atoms with E-state index in [1.807, 2.05) is 0 Å². The van der Waals surface area contributed by atoms with Gasteiger partial charge in [0.1, 0.15) is 0 Å². The van der Waals surface area contributed by atoms with Gasteiger partial charge in [-0.3, -0.25) is 0 Å². The monoisotopic (exact) mass is 284 g/mol. The molecule has 1 heterocycles. The molecule has 0 radical (unpaired) electrons. The summed E-state index contributed by atoms with van der Waals surface area (Å²) < 4.78 is 5.55. The third-order valence-corrected chi connectivity index (χ3v) is 4.17. The predicted molar refractivity (Wildman–Crippen MR) is 87.3 cm³/mol. The molecule has 0 aromatic heterocycles. The second-order valence-corrected chi connectivity index (χ2v) is 6.54. The van der Waals surface area contributed by atoms with E-state index < -0.39 is 0 Å². The fraction of sp³-hybridized carbons (Fsp3) is 1.00. The Labute approximate surface area is 126 Å². The lowest BCUT2D eigenvalue weighted by molar-refractivity contribution is 0.0756. The molecule has 0 aromatic rings. The van der Waals surface area contributed by atoms with E-state index in [2.05, 4.69) is 30.7 Å². The van der Waals surface area contributed by atoms with E-state index in [0.29, 0.717) is 6.10 Å². The second-order valence-electron chi connectivity index (χ2n) is 6.54. The molecule has 0 spiro atoms. The van der Waals surface area contributed by atoms with Crippen molar-refractivity contribution in [2.45, 2.75) is 64.9 Å². The van der Waals surface area contributed by atoms with Gasteiger partial charge in [-0.05, 0) is 40.3 Å². The van der Waals surface area contributed by atoms with Crippen LogP contribution in [0.5, 0.6) is 0 Å². The average Bonchev–Trinajstić information content (AvgIpc) is 2.42. The fourth-order valence-electron chi connectivity index (χ4n) is 2.71. The number of nitrogens with zero attached hydrogens (tertiary/aromatic N) is 2. The molecule has 3 heteroatoms. The van der Waals surface area contributed by atoms with Crippen molar-refractivity contribution in [1.29, 1.82) is 0 Å². The topological polar surface area (TPSA) is 15.7 Å². The first-order valence-electron chi connectivity index (χ1n) is 8.71. The molecule has 0 saturated carbocycles. The van der Waals surface area contributed by atoms with Gasteiger partial charge < -0.3 is 14.5 Å². The summed E-state index contributed by atoms with van der Waals surface area (Å²) >= 11 is 0. The predicted octanol–water partition coefficient (Wildman–Crippen LogP) is 3.39. The first-order valence-corrected chi connectivity index (χ1v) is 8.71. The largest absolute Gasteiger partial charge is 0.379 e. The van der Waals surface area contributed by atoms with Crippen molar-refractivity contribution in [3.05, 3.63) is 0 Å². The fourth-order valence-corrected chi connectivity index (χ4v) is 2.71. The summed E-state index contributed by atoms with van der Waals surface area (Å²) in [5, 5.41) is 0. The van der Waals surface area contributed by atoms with Gasteiger partial charge in [-0.25, -0.2) is 0 Å². The first kappa shape index (κ1) is 17.9. The van der Waals surface area contributed by atoms with Gasteiger partial charge in [0.25, 0.3) is 0 Å². The van der Waals surface area contributed by atoms with Crippen LogP contribution in [0.25, 0.3) is 0 Å². The van der Waals surface area contributed by atoms with E-state index in [4.69, 9.17) is 4.74 Å². The number of hydrogen-bond donors (Lipinski definition) is 0. The lowest BCUT2D eigenvalue weighted by atomic mass is 10.1. The highest BCUT2D eigenvalue weighted by Gasteiger charge is 2.12. The van der Waals surface area contributed by atoms with Crippen molar-refractivity contribution in [3.8, 4) is 0 Å². The SMILES string of the molecule is CC(C)OCCCCCCCCCN1CCN(C)CC1. The smallest absolute Gasteiger partial charge is 0.0518 e. The van der Waals surface area contributed by atoms with Crippen LogP contribution in [0.1, 0.15) is 58.8 Å². The Hall–Kier alpha value is -0.120. The number of likely N-dealkylation sites (N-methyl/N-ethyl adjacent to an activating group) is 1. The molecule has 1 aliphatic rings. The lowest BCUT2D eigenvalue weighted by Crippen LogP contribution is -2.44. The van der Waals surface area contributed by atoms with Crippen molar-refractivity contribution >= 4 is 0 Å². The second kappa shape index (κ2) is 11.5. The Morgan fingerprint density at radius 3 is 1.95 bits per heavy atom. The summed E-state index contributed by atoms with van der Waals surface area (Å²) in [7, 11) is 2.23. The van der Waals surface area contributed by atoms with Crippen LogP contribution in [0.3, 0.4) is 0 Å². The number of piperazine rings is 1. The Kier molecular flexibility index (Phi) is 10.3. The van der Waals surface area contributed by atoms with Crippen LogP contribution >= 0.6 is 0 Å². The zero-order chi connectivity index (χ0) is 14.6. The zero-order valence-electron chi connectivity index (χ0n) is 14.1. The van der Waals surface area contributed by atoms with Gasteiger partial charge in [0, 0.05) is 32.8 Å². The summed E-state index contributed by atoms with van der Waals surface area (Å²) in [5.41, 5.74) is 0. The summed E-state index contributed by atoms with van der Waals surface area (Å²) in [4.78, 5) is 5.06. The molecule has 1 saturated heterocycles. The van der Waals surface area contributed by atoms with E-state index in [0.717, 1.165) is 6.61 Å². The van der Waals surface area contributed by atoms with Gasteiger partial charge in [-0.2, -0.15) is 0 Å². The molecule has 1 aliphatic heterocycles. The highest BCUT2D eigenvalue weighted by Crippen LogP contribution is 2.09. The maximum absolute atomic E-state index is 5.55. The Morgan fingerprint density at radius 1 is 0.800 bits per heavy atom. The molecule has 0 bridgehead atoms. The van der Waals surface area contributed by atoms with Crippen LogP contribution in [0.2, 0.25) is 0 Å². The lowest BCUT2D eigenvalue weighted by Gasteiger charge is -2.32. The summed E-state index contributed by atoms with van der Waals surface area (Å²) in [5.74, 6) is 0. The molecule has 0 unspecified atom stereocenters. The van der Waals surface area contributed by atoms with Crippen LogP contribution < -0.4 is 0 Å². The Bertz CT molecular complexity index is 213. The maximum atomic E-state index is 5.55. The van der Waals surface area contributed by atoms with E-state index in [1.165, 1.54) is 77.7 Å². The highest BCUT2D eigenvalue weighted by molar-refractivity contribution is 4.68. The molecular weight excluding hydrogens is 248 g/mol. The van der Waals surface area contributed by atoms with Crippen molar-refractivity contribution < 1.29 is 4.74 Å². The molecule has 1 fully saturated rings. The minimum atomic E-state index is 0.393. The van der Waals surface area contributed by atoms with Gasteiger partial charge in [0.15, 0.2) is 0 Å². The van der Waals surface area contributed by atoms with Gasteiger partial charge in [-0.15, -0.1) is 0 Å². The van der Waals surface area contributed by atoms with Gasteiger partial charge in [-0.1, -0.05) is 32.1 Å². The summed E-state index contributed by atoms with van der Waals surface area (Å²) in [6.45, 7) is 11.5. The van der Waals surface area contributed by atoms with Crippen LogP contribution in [-0.4, -0.2) is 62.3 Å². The Morgan fingerprint density at radius 2 is 1.35 bits per heavy atom. The maximum Gasteiger partial charge on any atom is 0.0518 e. The number of hydrogen-bond acceptors (Lipinski definition) is 3. The molecule has 0 aliphatic carbocycles. The molecule has 120 valence electrons. The number of ether oxygens (including phenoxy) is 1. The van der Waals surface area contributed by atoms with E-state index >= 15 is 0 Å². The quantitative estimate of drug-likeness (QED) is 0.541. The normalized spacial score (nSPS) is 18.0. The van der Waals surface area contributed by atoms with Crippen molar-refractivity contribution in [3.63, 3.8) is 0 Å².